The number of aromatic nitrogens is 3. The maximum Gasteiger partial charge on any atom is 0.441 e. The molecule has 15 nitrogen and oxygen atoms in total. The Bertz CT molecular complexity index is 2230. The van der Waals surface area contributed by atoms with Crippen molar-refractivity contribution in [1.29, 1.82) is 0 Å². The molecule has 4 amide bonds. The first kappa shape index (κ1) is 41.0. The molecule has 0 spiro atoms. The Balaban J connectivity index is 0.831. The van der Waals surface area contributed by atoms with E-state index < -0.39 is 35.7 Å². The van der Waals surface area contributed by atoms with Crippen molar-refractivity contribution in [3.63, 3.8) is 0 Å². The summed E-state index contributed by atoms with van der Waals surface area (Å²) in [5.74, 6) is -1.17. The smallest absolute Gasteiger partial charge is 0.385 e. The Morgan fingerprint density at radius 2 is 1.82 bits per heavy atom. The minimum atomic E-state index is -4.86. The fourth-order valence-corrected chi connectivity index (χ4v) is 8.90. The lowest BCUT2D eigenvalue weighted by molar-refractivity contribution is -0.456. The van der Waals surface area contributed by atoms with Gasteiger partial charge in [0.15, 0.2) is 11.9 Å². The molecule has 3 saturated heterocycles. The lowest BCUT2D eigenvalue weighted by atomic mass is 9.81. The van der Waals surface area contributed by atoms with E-state index in [1.807, 2.05) is 29.2 Å². The predicted octanol–water partition coefficient (Wildman–Crippen LogP) is 3.87. The Kier molecular flexibility index (Phi) is 11.7. The maximum atomic E-state index is 14.2. The number of nitrogens with zero attached hydrogens (tertiary/aromatic N) is 7. The largest absolute Gasteiger partial charge is 0.441 e. The van der Waals surface area contributed by atoms with E-state index in [0.29, 0.717) is 69.9 Å². The number of likely N-dealkylation sites (tertiary alicyclic amines) is 1. The number of hydrogen-bond donors (Lipinski definition) is 4. The van der Waals surface area contributed by atoms with Gasteiger partial charge in [-0.25, -0.2) is 13.9 Å². The van der Waals surface area contributed by atoms with Gasteiger partial charge in [-0.05, 0) is 81.0 Å². The molecule has 4 aliphatic heterocycles. The van der Waals surface area contributed by atoms with Crippen LogP contribution in [0.4, 0.5) is 29.1 Å². The third-order valence-electron chi connectivity index (χ3n) is 12.1. The lowest BCUT2D eigenvalue weighted by Crippen LogP contribution is -2.48. The second-order valence-electron chi connectivity index (χ2n) is 16.5. The van der Waals surface area contributed by atoms with Crippen LogP contribution in [-0.2, 0) is 14.4 Å². The van der Waals surface area contributed by atoms with Crippen LogP contribution in [0.5, 0.6) is 0 Å². The van der Waals surface area contributed by atoms with Crippen molar-refractivity contribution < 1.29 is 41.4 Å². The van der Waals surface area contributed by atoms with Gasteiger partial charge in [-0.2, -0.15) is 18.3 Å². The van der Waals surface area contributed by atoms with Crippen LogP contribution in [0.15, 0.2) is 59.7 Å². The lowest BCUT2D eigenvalue weighted by Gasteiger charge is -2.36. The number of anilines is 2. The van der Waals surface area contributed by atoms with Crippen molar-refractivity contribution in [2.24, 2.45) is 28.6 Å². The van der Waals surface area contributed by atoms with Crippen molar-refractivity contribution >= 4 is 52.7 Å². The van der Waals surface area contributed by atoms with Crippen LogP contribution in [-0.4, -0.2) is 111 Å². The first-order chi connectivity index (χ1) is 28.8. The highest BCUT2D eigenvalue weighted by atomic mass is 19.4. The van der Waals surface area contributed by atoms with Crippen LogP contribution in [0, 0.1) is 17.8 Å². The molecule has 60 heavy (non-hydrogen) atoms. The Hall–Kier alpha value is -5.72. The van der Waals surface area contributed by atoms with Gasteiger partial charge < -0.3 is 26.2 Å². The van der Waals surface area contributed by atoms with Gasteiger partial charge >= 0.3 is 6.18 Å². The van der Waals surface area contributed by atoms with Gasteiger partial charge in [0.05, 0.1) is 18.7 Å². The van der Waals surface area contributed by atoms with Crippen LogP contribution in [0.2, 0.25) is 0 Å². The zero-order valence-corrected chi connectivity index (χ0v) is 32.9. The second-order valence-corrected chi connectivity index (χ2v) is 16.5. The van der Waals surface area contributed by atoms with Gasteiger partial charge in [-0.15, -0.1) is 0 Å². The summed E-state index contributed by atoms with van der Waals surface area (Å²) in [6.07, 6.45) is 4.59. The van der Waals surface area contributed by atoms with Crippen LogP contribution >= 0.6 is 0 Å². The molecule has 3 atom stereocenters. The summed E-state index contributed by atoms with van der Waals surface area (Å²) in [6.45, 7) is 2.45. The zero-order chi connectivity index (χ0) is 42.1. The predicted molar refractivity (Wildman–Crippen MR) is 213 cm³/mol. The number of alkyl halides is 4. The third-order valence-corrected chi connectivity index (χ3v) is 12.1. The number of fused-ring (bicyclic) bond motifs is 1. The first-order valence-corrected chi connectivity index (χ1v) is 20.6. The number of amides is 4. The van der Waals surface area contributed by atoms with E-state index in [4.69, 9.17) is 5.73 Å². The summed E-state index contributed by atoms with van der Waals surface area (Å²) >= 11 is 0. The highest BCUT2D eigenvalue weighted by molar-refractivity contribution is 6.10. The molecule has 6 heterocycles. The highest BCUT2D eigenvalue weighted by Crippen LogP contribution is 2.33. The average molecular weight is 835 g/mol. The zero-order valence-electron chi connectivity index (χ0n) is 32.9. The molecule has 2 aromatic heterocycles. The fraction of sp³-hybridized carbons (Fsp3) is 0.512. The molecular formula is C41H48F4N11O4+. The van der Waals surface area contributed by atoms with Gasteiger partial charge in [0.1, 0.15) is 23.3 Å². The number of benzene rings is 1. The van der Waals surface area contributed by atoms with E-state index in [-0.39, 0.29) is 59.7 Å². The summed E-state index contributed by atoms with van der Waals surface area (Å²) in [4.78, 5) is 58.9. The average Bonchev–Trinajstić information content (AvgIpc) is 3.84. The van der Waals surface area contributed by atoms with E-state index >= 15 is 0 Å². The number of nitrogens with one attached hydrogen (secondary N) is 3. The highest BCUT2D eigenvalue weighted by Gasteiger charge is 2.46. The number of halogens is 4. The topological polar surface area (TPSA) is 182 Å². The summed E-state index contributed by atoms with van der Waals surface area (Å²) in [6, 6.07) is 8.93. The van der Waals surface area contributed by atoms with Crippen LogP contribution in [0.25, 0.3) is 5.65 Å². The van der Waals surface area contributed by atoms with Gasteiger partial charge in [0.2, 0.25) is 29.6 Å². The summed E-state index contributed by atoms with van der Waals surface area (Å²) in [7, 11) is 0. The standard InChI is InChI=1S/C41H47F4N11O4/c42-28-17-29(46)22-54(21-28)34-12-15-56-37(50-34)32(19-48-56)39(59)49-33-23-55(52-36(33)41(43,44)45)20-25-4-6-26(7-5-25)40(60)53-13-10-24(11-14-53)18-47-30-3-1-2-27(16-30)31-8-9-35(57)51-38(31)58/h1-3,12,15-16,19-20,23-26,28-29,31,47H,4-11,13-14,17-18,21-22,46H2,(H-,49,51,57,58,59)/p+1/b55-20+/t25?,26?,28-,29-,31?/m1/s1. The molecule has 5 aliphatic rings. The van der Waals surface area contributed by atoms with Crippen molar-refractivity contribution in [3.8, 4) is 0 Å². The first-order valence-electron chi connectivity index (χ1n) is 20.6. The van der Waals surface area contributed by atoms with Gasteiger partial charge in [-0.1, -0.05) is 16.8 Å². The van der Waals surface area contributed by atoms with Gasteiger partial charge in [0.25, 0.3) is 5.91 Å². The minimum absolute atomic E-state index is 0.0713. The molecule has 1 aliphatic carbocycles. The number of piperidine rings is 3. The number of rotatable bonds is 9. The minimum Gasteiger partial charge on any atom is -0.385 e. The van der Waals surface area contributed by atoms with Crippen molar-refractivity contribution in [3.05, 3.63) is 65.7 Å². The second kappa shape index (κ2) is 17.1. The van der Waals surface area contributed by atoms with E-state index in [1.54, 1.807) is 17.2 Å². The molecular weight excluding hydrogens is 787 g/mol. The molecule has 0 bridgehead atoms. The molecule has 1 aromatic carbocycles. The molecule has 3 aromatic rings. The summed E-state index contributed by atoms with van der Waals surface area (Å²) in [5.41, 5.74) is 6.01. The van der Waals surface area contributed by atoms with Crippen LogP contribution in [0.3, 0.4) is 0 Å². The van der Waals surface area contributed by atoms with Crippen molar-refractivity contribution in [2.75, 3.05) is 42.9 Å². The van der Waals surface area contributed by atoms with Gasteiger partial charge in [0, 0.05) is 67.5 Å². The van der Waals surface area contributed by atoms with Crippen LogP contribution < -0.4 is 26.6 Å². The van der Waals surface area contributed by atoms with E-state index in [9.17, 15) is 36.7 Å². The molecule has 1 saturated carbocycles. The monoisotopic (exact) mass is 834 g/mol. The normalized spacial score (nSPS) is 26.2. The molecule has 1 unspecified atom stereocenters. The van der Waals surface area contributed by atoms with E-state index in [2.05, 4.69) is 31.1 Å². The number of hydrogen-bond acceptors (Lipinski definition) is 10. The molecule has 5 N–H and O–H groups in total. The number of hydrazone groups is 1. The number of nitrogens with two attached hydrogens (primary N) is 1. The number of allylic oxidation sites excluding steroid dienone is 1. The number of carbonyl (C=O) groups is 4. The van der Waals surface area contributed by atoms with Gasteiger partial charge in [-0.3, -0.25) is 24.5 Å². The third kappa shape index (κ3) is 9.19. The number of imide groups is 1. The van der Waals surface area contributed by atoms with Crippen LogP contribution in [0.1, 0.15) is 79.6 Å². The Labute approximate surface area is 343 Å². The Morgan fingerprint density at radius 3 is 2.55 bits per heavy atom. The van der Waals surface area contributed by atoms with Crippen molar-refractivity contribution in [1.82, 2.24) is 30.1 Å². The van der Waals surface area contributed by atoms with Crippen molar-refractivity contribution in [2.45, 2.75) is 82.1 Å². The molecule has 318 valence electrons. The molecule has 8 rings (SSSR count). The quantitative estimate of drug-likeness (QED) is 0.141. The molecule has 0 radical (unpaired) electrons. The SMILES string of the molecule is N[C@@H]1C[C@@H](F)CN(c2ccn3ncc(C(=O)NC4=C/[N+](=C\C5CCC(C(=O)N6CCC(CNc7cccc(C8CCC(=O)NC8=O)c7)CC6)CC5)N=C4C(F)(F)F)c3n2)C1. The number of carbonyl (C=O) groups excluding carboxylic acids is 4. The van der Waals surface area contributed by atoms with E-state index in [1.165, 1.54) is 16.9 Å². The summed E-state index contributed by atoms with van der Waals surface area (Å²) < 4.78 is 59.2. The Morgan fingerprint density at radius 1 is 1.03 bits per heavy atom. The maximum absolute atomic E-state index is 14.2. The summed E-state index contributed by atoms with van der Waals surface area (Å²) in [5, 5.41) is 16.2. The molecule has 19 heteroatoms. The molecule has 4 fully saturated rings. The fourth-order valence-electron chi connectivity index (χ4n) is 8.90. The van der Waals surface area contributed by atoms with E-state index in [0.717, 1.165) is 41.5 Å².